The summed E-state index contributed by atoms with van der Waals surface area (Å²) in [5, 5.41) is 4.53. The van der Waals surface area contributed by atoms with Crippen LogP contribution in [0.15, 0.2) is 18.6 Å². The first-order valence-corrected chi connectivity index (χ1v) is 5.42. The van der Waals surface area contributed by atoms with Crippen LogP contribution in [0.5, 0.6) is 0 Å². The van der Waals surface area contributed by atoms with E-state index in [1.54, 1.807) is 6.33 Å². The summed E-state index contributed by atoms with van der Waals surface area (Å²) in [7, 11) is 0. The van der Waals surface area contributed by atoms with E-state index in [0.29, 0.717) is 11.8 Å². The zero-order valence-corrected chi connectivity index (χ0v) is 9.73. The highest BCUT2D eigenvalue weighted by Crippen LogP contribution is 2.23. The summed E-state index contributed by atoms with van der Waals surface area (Å²) < 4.78 is 1.88. The zero-order chi connectivity index (χ0) is 11.0. The molecule has 0 aliphatic rings. The highest BCUT2D eigenvalue weighted by molar-refractivity contribution is 5.54. The van der Waals surface area contributed by atoms with Crippen molar-refractivity contribution in [2.75, 3.05) is 0 Å². The Bertz CT molecular complexity index is 469. The molecular weight excluding hydrogens is 186 g/mol. The van der Waals surface area contributed by atoms with Crippen LogP contribution in [0.3, 0.4) is 0 Å². The van der Waals surface area contributed by atoms with E-state index in [0.717, 1.165) is 11.2 Å². The lowest BCUT2D eigenvalue weighted by Crippen LogP contribution is -2.03. The smallest absolute Gasteiger partial charge is 0.117 e. The van der Waals surface area contributed by atoms with Gasteiger partial charge in [0.05, 0.1) is 17.4 Å². The van der Waals surface area contributed by atoms with Crippen LogP contribution < -0.4 is 0 Å². The standard InChI is InChI=1S/C12H17N3/c1-8(2)10-5-11(9(3)4)14-15-7-13-6-12(10)15/h5-9H,1-4H3. The molecule has 3 nitrogen and oxygen atoms in total. The van der Waals surface area contributed by atoms with Gasteiger partial charge in [0.25, 0.3) is 0 Å². The van der Waals surface area contributed by atoms with Crippen LogP contribution in [-0.4, -0.2) is 14.6 Å². The van der Waals surface area contributed by atoms with Gasteiger partial charge >= 0.3 is 0 Å². The lowest BCUT2D eigenvalue weighted by Gasteiger charge is -2.11. The number of hydrogen-bond donors (Lipinski definition) is 0. The minimum absolute atomic E-state index is 0.453. The maximum Gasteiger partial charge on any atom is 0.117 e. The minimum Gasteiger partial charge on any atom is -0.243 e. The van der Waals surface area contributed by atoms with Crippen molar-refractivity contribution in [1.82, 2.24) is 14.6 Å². The third kappa shape index (κ3) is 1.74. The number of aromatic nitrogens is 3. The summed E-state index contributed by atoms with van der Waals surface area (Å²) in [5.41, 5.74) is 3.57. The highest BCUT2D eigenvalue weighted by Gasteiger charge is 2.11. The first kappa shape index (κ1) is 10.1. The molecule has 0 aliphatic heterocycles. The third-order valence-electron chi connectivity index (χ3n) is 2.66. The molecule has 15 heavy (non-hydrogen) atoms. The van der Waals surface area contributed by atoms with Crippen molar-refractivity contribution < 1.29 is 0 Å². The van der Waals surface area contributed by atoms with Gasteiger partial charge in [-0.25, -0.2) is 9.50 Å². The van der Waals surface area contributed by atoms with Gasteiger partial charge in [-0.3, -0.25) is 0 Å². The molecule has 3 heteroatoms. The Balaban J connectivity index is 2.69. The summed E-state index contributed by atoms with van der Waals surface area (Å²) in [5.74, 6) is 0.957. The third-order valence-corrected chi connectivity index (χ3v) is 2.66. The lowest BCUT2D eigenvalue weighted by atomic mass is 10.0. The molecule has 0 bridgehead atoms. The summed E-state index contributed by atoms with van der Waals surface area (Å²) in [4.78, 5) is 4.15. The number of fused-ring (bicyclic) bond motifs is 1. The average Bonchev–Trinajstić information content (AvgIpc) is 2.62. The van der Waals surface area contributed by atoms with Crippen LogP contribution >= 0.6 is 0 Å². The monoisotopic (exact) mass is 203 g/mol. The van der Waals surface area contributed by atoms with E-state index in [9.17, 15) is 0 Å². The molecule has 2 heterocycles. The van der Waals surface area contributed by atoms with Gasteiger partial charge in [0.2, 0.25) is 0 Å². The van der Waals surface area contributed by atoms with E-state index in [1.165, 1.54) is 5.56 Å². The van der Waals surface area contributed by atoms with Gasteiger partial charge in [-0.1, -0.05) is 27.7 Å². The molecule has 0 spiro atoms. The Morgan fingerprint density at radius 2 is 1.87 bits per heavy atom. The Hall–Kier alpha value is -1.38. The lowest BCUT2D eigenvalue weighted by molar-refractivity contribution is 0.744. The van der Waals surface area contributed by atoms with Crippen LogP contribution in [0, 0.1) is 0 Å². The molecule has 0 amide bonds. The highest BCUT2D eigenvalue weighted by atomic mass is 15.2. The number of nitrogens with zero attached hydrogens (tertiary/aromatic N) is 3. The normalized spacial score (nSPS) is 11.9. The van der Waals surface area contributed by atoms with Crippen molar-refractivity contribution >= 4 is 5.52 Å². The van der Waals surface area contributed by atoms with Crippen molar-refractivity contribution in [3.8, 4) is 0 Å². The SMILES string of the molecule is CC(C)c1cc(C(C)C)c2cncn2n1. The predicted octanol–water partition coefficient (Wildman–Crippen LogP) is 2.98. The first-order chi connectivity index (χ1) is 7.09. The molecule has 0 N–H and O–H groups in total. The topological polar surface area (TPSA) is 30.2 Å². The molecule has 80 valence electrons. The van der Waals surface area contributed by atoms with Gasteiger partial charge in [0.15, 0.2) is 0 Å². The van der Waals surface area contributed by atoms with E-state index >= 15 is 0 Å². The molecular formula is C12H17N3. The molecule has 2 aromatic heterocycles. The second-order valence-corrected chi connectivity index (χ2v) is 4.56. The fraction of sp³-hybridized carbons (Fsp3) is 0.500. The summed E-state index contributed by atoms with van der Waals surface area (Å²) in [6.45, 7) is 8.73. The van der Waals surface area contributed by atoms with Crippen LogP contribution in [0.25, 0.3) is 5.52 Å². The van der Waals surface area contributed by atoms with Gasteiger partial charge in [-0.15, -0.1) is 0 Å². The van der Waals surface area contributed by atoms with Gasteiger partial charge in [-0.05, 0) is 23.5 Å². The maximum absolute atomic E-state index is 4.53. The Kier molecular flexibility index (Phi) is 2.47. The van der Waals surface area contributed by atoms with Gasteiger partial charge in [0, 0.05) is 0 Å². The van der Waals surface area contributed by atoms with Crippen molar-refractivity contribution in [3.05, 3.63) is 29.8 Å². The summed E-state index contributed by atoms with van der Waals surface area (Å²) >= 11 is 0. The molecule has 0 aliphatic carbocycles. The Morgan fingerprint density at radius 3 is 2.47 bits per heavy atom. The second kappa shape index (κ2) is 3.65. The van der Waals surface area contributed by atoms with Crippen molar-refractivity contribution in [3.63, 3.8) is 0 Å². The molecule has 0 unspecified atom stereocenters. The van der Waals surface area contributed by atoms with Crippen LogP contribution in [0.1, 0.15) is 50.8 Å². The van der Waals surface area contributed by atoms with E-state index in [4.69, 9.17) is 0 Å². The molecule has 2 rings (SSSR count). The molecule has 0 aromatic carbocycles. The zero-order valence-electron chi connectivity index (χ0n) is 9.73. The van der Waals surface area contributed by atoms with E-state index in [1.807, 2.05) is 10.7 Å². The van der Waals surface area contributed by atoms with Gasteiger partial charge in [0.1, 0.15) is 6.33 Å². The molecule has 2 aromatic rings. The van der Waals surface area contributed by atoms with E-state index in [-0.39, 0.29) is 0 Å². The van der Waals surface area contributed by atoms with E-state index < -0.39 is 0 Å². The number of rotatable bonds is 2. The minimum atomic E-state index is 0.453. The molecule has 0 saturated carbocycles. The Labute approximate surface area is 90.1 Å². The summed E-state index contributed by atoms with van der Waals surface area (Å²) in [6, 6.07) is 2.20. The fourth-order valence-electron chi connectivity index (χ4n) is 1.71. The molecule has 0 fully saturated rings. The van der Waals surface area contributed by atoms with E-state index in [2.05, 4.69) is 43.8 Å². The summed E-state index contributed by atoms with van der Waals surface area (Å²) in [6.07, 6.45) is 3.65. The molecule has 0 radical (unpaired) electrons. The van der Waals surface area contributed by atoms with Crippen LogP contribution in [-0.2, 0) is 0 Å². The second-order valence-electron chi connectivity index (χ2n) is 4.56. The van der Waals surface area contributed by atoms with Crippen molar-refractivity contribution in [1.29, 1.82) is 0 Å². The fourth-order valence-corrected chi connectivity index (χ4v) is 1.71. The van der Waals surface area contributed by atoms with Gasteiger partial charge < -0.3 is 0 Å². The van der Waals surface area contributed by atoms with Gasteiger partial charge in [-0.2, -0.15) is 5.10 Å². The quantitative estimate of drug-likeness (QED) is 0.751. The molecule has 0 atom stereocenters. The average molecular weight is 203 g/mol. The largest absolute Gasteiger partial charge is 0.243 e. The predicted molar refractivity (Wildman–Crippen MR) is 61.2 cm³/mol. The Morgan fingerprint density at radius 1 is 1.13 bits per heavy atom. The maximum atomic E-state index is 4.53. The number of hydrogen-bond acceptors (Lipinski definition) is 2. The van der Waals surface area contributed by atoms with Crippen molar-refractivity contribution in [2.24, 2.45) is 0 Å². The van der Waals surface area contributed by atoms with Crippen molar-refractivity contribution in [2.45, 2.75) is 39.5 Å². The number of imidazole rings is 1. The first-order valence-electron chi connectivity index (χ1n) is 5.42. The molecule has 0 saturated heterocycles. The van der Waals surface area contributed by atoms with Crippen LogP contribution in [0.2, 0.25) is 0 Å². The van der Waals surface area contributed by atoms with Crippen LogP contribution in [0.4, 0.5) is 0 Å².